The van der Waals surface area contributed by atoms with Gasteiger partial charge in [0.05, 0.1) is 18.0 Å². The van der Waals surface area contributed by atoms with Gasteiger partial charge in [0.25, 0.3) is 0 Å². The standard InChI is InChI=1S/C14H20BrNO3/c1-14(2,8-12(17)18)13(16-3)9-5-6-11(19-4)10(15)7-9/h5-7,13,16H,8H2,1-4H3,(H,17,18). The van der Waals surface area contributed by atoms with Crippen molar-refractivity contribution in [2.75, 3.05) is 14.2 Å². The Hall–Kier alpha value is -1.07. The number of halogens is 1. The van der Waals surface area contributed by atoms with Crippen LogP contribution in [0.5, 0.6) is 5.75 Å². The van der Waals surface area contributed by atoms with E-state index in [1.54, 1.807) is 7.11 Å². The van der Waals surface area contributed by atoms with Crippen LogP contribution in [0.3, 0.4) is 0 Å². The van der Waals surface area contributed by atoms with E-state index in [4.69, 9.17) is 9.84 Å². The van der Waals surface area contributed by atoms with E-state index in [1.807, 2.05) is 39.1 Å². The Morgan fingerprint density at radius 1 is 1.53 bits per heavy atom. The van der Waals surface area contributed by atoms with Crippen LogP contribution in [0.4, 0.5) is 0 Å². The highest BCUT2D eigenvalue weighted by atomic mass is 79.9. The molecule has 4 nitrogen and oxygen atoms in total. The molecule has 19 heavy (non-hydrogen) atoms. The second-order valence-electron chi connectivity index (χ2n) is 5.17. The number of methoxy groups -OCH3 is 1. The minimum absolute atomic E-state index is 0.0502. The summed E-state index contributed by atoms with van der Waals surface area (Å²) in [5.41, 5.74) is 0.635. The third kappa shape index (κ3) is 3.94. The zero-order chi connectivity index (χ0) is 14.6. The number of carbonyl (C=O) groups is 1. The third-order valence-corrected chi connectivity index (χ3v) is 3.81. The number of rotatable bonds is 6. The number of carboxylic acid groups (broad SMARTS) is 1. The molecule has 1 unspecified atom stereocenters. The molecule has 106 valence electrons. The van der Waals surface area contributed by atoms with Crippen molar-refractivity contribution in [3.05, 3.63) is 28.2 Å². The Morgan fingerprint density at radius 3 is 2.58 bits per heavy atom. The Labute approximate surface area is 122 Å². The van der Waals surface area contributed by atoms with Gasteiger partial charge in [-0.2, -0.15) is 0 Å². The van der Waals surface area contributed by atoms with Crippen LogP contribution in [-0.4, -0.2) is 25.2 Å². The molecule has 1 rings (SSSR count). The highest BCUT2D eigenvalue weighted by molar-refractivity contribution is 9.10. The van der Waals surface area contributed by atoms with E-state index in [0.29, 0.717) is 0 Å². The summed E-state index contributed by atoms with van der Waals surface area (Å²) in [6.07, 6.45) is 0.0994. The van der Waals surface area contributed by atoms with Gasteiger partial charge in [0.2, 0.25) is 0 Å². The number of aliphatic carboxylic acids is 1. The quantitative estimate of drug-likeness (QED) is 0.841. The van der Waals surface area contributed by atoms with Crippen molar-refractivity contribution in [1.82, 2.24) is 5.32 Å². The molecule has 0 fully saturated rings. The molecule has 1 aromatic carbocycles. The van der Waals surface area contributed by atoms with Gasteiger partial charge in [-0.3, -0.25) is 4.79 Å². The van der Waals surface area contributed by atoms with Crippen LogP contribution in [0, 0.1) is 5.41 Å². The maximum Gasteiger partial charge on any atom is 0.303 e. The molecule has 0 spiro atoms. The van der Waals surface area contributed by atoms with Crippen LogP contribution in [0.2, 0.25) is 0 Å². The van der Waals surface area contributed by atoms with E-state index in [9.17, 15) is 4.79 Å². The van der Waals surface area contributed by atoms with Gasteiger partial charge in [0.15, 0.2) is 0 Å². The average molecular weight is 330 g/mol. The topological polar surface area (TPSA) is 58.6 Å². The molecule has 0 aliphatic rings. The first-order valence-electron chi connectivity index (χ1n) is 6.04. The molecule has 0 bridgehead atoms. The summed E-state index contributed by atoms with van der Waals surface area (Å²) in [5, 5.41) is 12.2. The van der Waals surface area contributed by atoms with Crippen LogP contribution in [0.25, 0.3) is 0 Å². The minimum atomic E-state index is -0.794. The summed E-state index contributed by atoms with van der Waals surface area (Å²) < 4.78 is 6.06. The number of hydrogen-bond donors (Lipinski definition) is 2. The Morgan fingerprint density at radius 2 is 2.16 bits per heavy atom. The maximum atomic E-state index is 11.0. The van der Waals surface area contributed by atoms with Gasteiger partial charge >= 0.3 is 5.97 Å². The van der Waals surface area contributed by atoms with Crippen molar-refractivity contribution >= 4 is 21.9 Å². The van der Waals surface area contributed by atoms with E-state index < -0.39 is 11.4 Å². The summed E-state index contributed by atoms with van der Waals surface area (Å²) in [7, 11) is 3.45. The first kappa shape index (κ1) is 16.0. The van der Waals surface area contributed by atoms with Gasteiger partial charge in [-0.25, -0.2) is 0 Å². The molecule has 0 aromatic heterocycles. The summed E-state index contributed by atoms with van der Waals surface area (Å²) in [6.45, 7) is 3.89. The average Bonchev–Trinajstić information content (AvgIpc) is 2.27. The lowest BCUT2D eigenvalue weighted by Gasteiger charge is -2.33. The Balaban J connectivity index is 3.09. The molecule has 0 saturated heterocycles. The van der Waals surface area contributed by atoms with Crippen molar-refractivity contribution in [2.45, 2.75) is 26.3 Å². The molecular formula is C14H20BrNO3. The van der Waals surface area contributed by atoms with Crippen LogP contribution in [0.1, 0.15) is 31.9 Å². The van der Waals surface area contributed by atoms with Crippen molar-refractivity contribution in [2.24, 2.45) is 5.41 Å². The smallest absolute Gasteiger partial charge is 0.303 e. The molecule has 0 aliphatic heterocycles. The number of hydrogen-bond acceptors (Lipinski definition) is 3. The zero-order valence-corrected chi connectivity index (χ0v) is 13.2. The molecular weight excluding hydrogens is 310 g/mol. The lowest BCUT2D eigenvalue weighted by molar-refractivity contribution is -0.139. The second-order valence-corrected chi connectivity index (χ2v) is 6.03. The molecule has 1 atom stereocenters. The van der Waals surface area contributed by atoms with Crippen molar-refractivity contribution in [1.29, 1.82) is 0 Å². The lowest BCUT2D eigenvalue weighted by atomic mass is 9.78. The summed E-state index contributed by atoms with van der Waals surface area (Å²) >= 11 is 3.45. The number of benzene rings is 1. The molecule has 2 N–H and O–H groups in total. The van der Waals surface area contributed by atoms with Crippen LogP contribution < -0.4 is 10.1 Å². The number of ether oxygens (including phenoxy) is 1. The first-order valence-corrected chi connectivity index (χ1v) is 6.83. The SMILES string of the molecule is CNC(c1ccc(OC)c(Br)c1)C(C)(C)CC(=O)O. The third-order valence-electron chi connectivity index (χ3n) is 3.19. The van der Waals surface area contributed by atoms with Crippen molar-refractivity contribution < 1.29 is 14.6 Å². The Kier molecular flexibility index (Phi) is 5.38. The van der Waals surface area contributed by atoms with E-state index in [-0.39, 0.29) is 12.5 Å². The highest BCUT2D eigenvalue weighted by Crippen LogP contribution is 2.38. The van der Waals surface area contributed by atoms with E-state index in [0.717, 1.165) is 15.8 Å². The highest BCUT2D eigenvalue weighted by Gasteiger charge is 2.32. The summed E-state index contributed by atoms with van der Waals surface area (Å²) in [6, 6.07) is 5.74. The van der Waals surface area contributed by atoms with Gasteiger partial charge in [0, 0.05) is 6.04 Å². The van der Waals surface area contributed by atoms with Crippen molar-refractivity contribution in [3.8, 4) is 5.75 Å². The molecule has 0 amide bonds. The predicted molar refractivity (Wildman–Crippen MR) is 78.5 cm³/mol. The van der Waals surface area contributed by atoms with Gasteiger partial charge in [-0.05, 0) is 46.1 Å². The largest absolute Gasteiger partial charge is 0.496 e. The van der Waals surface area contributed by atoms with Gasteiger partial charge in [-0.15, -0.1) is 0 Å². The fraction of sp³-hybridized carbons (Fsp3) is 0.500. The Bertz CT molecular complexity index is 460. The van der Waals surface area contributed by atoms with Crippen LogP contribution >= 0.6 is 15.9 Å². The van der Waals surface area contributed by atoms with E-state index in [2.05, 4.69) is 21.2 Å². The lowest BCUT2D eigenvalue weighted by Crippen LogP contribution is -2.33. The molecule has 1 aromatic rings. The van der Waals surface area contributed by atoms with Gasteiger partial charge < -0.3 is 15.2 Å². The van der Waals surface area contributed by atoms with Crippen LogP contribution in [-0.2, 0) is 4.79 Å². The van der Waals surface area contributed by atoms with E-state index in [1.165, 1.54) is 0 Å². The second kappa shape index (κ2) is 6.39. The number of nitrogens with one attached hydrogen (secondary N) is 1. The van der Waals surface area contributed by atoms with Crippen molar-refractivity contribution in [3.63, 3.8) is 0 Å². The summed E-state index contributed by atoms with van der Waals surface area (Å²) in [4.78, 5) is 11.0. The molecule has 0 radical (unpaired) electrons. The normalized spacial score (nSPS) is 13.1. The molecule has 0 heterocycles. The fourth-order valence-electron chi connectivity index (χ4n) is 2.36. The zero-order valence-electron chi connectivity index (χ0n) is 11.7. The van der Waals surface area contributed by atoms with Crippen LogP contribution in [0.15, 0.2) is 22.7 Å². The van der Waals surface area contributed by atoms with E-state index >= 15 is 0 Å². The summed E-state index contributed by atoms with van der Waals surface area (Å²) in [5.74, 6) is -0.0347. The fourth-order valence-corrected chi connectivity index (χ4v) is 2.92. The monoisotopic (exact) mass is 329 g/mol. The van der Waals surface area contributed by atoms with Gasteiger partial charge in [0.1, 0.15) is 5.75 Å². The minimum Gasteiger partial charge on any atom is -0.496 e. The number of carboxylic acids is 1. The predicted octanol–water partition coefficient (Wildman–Crippen LogP) is 3.22. The molecule has 0 aliphatic carbocycles. The van der Waals surface area contributed by atoms with Gasteiger partial charge in [-0.1, -0.05) is 19.9 Å². The maximum absolute atomic E-state index is 11.0. The molecule has 0 saturated carbocycles. The molecule has 5 heteroatoms. The first-order chi connectivity index (χ1) is 8.81.